The number of hydrogen-bond acceptors (Lipinski definition) is 4. The first-order chi connectivity index (χ1) is 17.6. The SMILES string of the molecule is CCNC(=O)[C@@H](Cc1ccccc1)N(Cc1cccc(Br)c1)C(=O)CN(c1ccc(I)cc1)S(C)(=O)=O. The van der Waals surface area contributed by atoms with Gasteiger partial charge in [0, 0.05) is 27.6 Å². The lowest BCUT2D eigenvalue weighted by molar-refractivity contribution is -0.140. The topological polar surface area (TPSA) is 86.8 Å². The molecule has 0 saturated heterocycles. The summed E-state index contributed by atoms with van der Waals surface area (Å²) in [5.41, 5.74) is 2.09. The van der Waals surface area contributed by atoms with Crippen LogP contribution in [0, 0.1) is 3.57 Å². The van der Waals surface area contributed by atoms with Crippen molar-refractivity contribution in [3.63, 3.8) is 0 Å². The predicted molar refractivity (Wildman–Crippen MR) is 159 cm³/mol. The van der Waals surface area contributed by atoms with Gasteiger partial charge in [-0.3, -0.25) is 13.9 Å². The van der Waals surface area contributed by atoms with E-state index in [-0.39, 0.29) is 18.9 Å². The highest BCUT2D eigenvalue weighted by Gasteiger charge is 2.32. The molecule has 2 amide bonds. The van der Waals surface area contributed by atoms with Crippen LogP contribution >= 0.6 is 38.5 Å². The molecular weight excluding hydrogens is 669 g/mol. The Kier molecular flexibility index (Phi) is 10.5. The average Bonchev–Trinajstić information content (AvgIpc) is 2.85. The Morgan fingerprint density at radius 2 is 1.62 bits per heavy atom. The number of carbonyl (C=O) groups is 2. The van der Waals surface area contributed by atoms with Crippen molar-refractivity contribution in [2.75, 3.05) is 23.7 Å². The van der Waals surface area contributed by atoms with Crippen LogP contribution in [-0.2, 0) is 32.6 Å². The number of carbonyl (C=O) groups excluding carboxylic acids is 2. The molecular formula is C27H29BrIN3O4S. The van der Waals surface area contributed by atoms with Crippen LogP contribution in [0.2, 0.25) is 0 Å². The second kappa shape index (κ2) is 13.4. The van der Waals surface area contributed by atoms with E-state index >= 15 is 0 Å². The standard InChI is InChI=1S/C27H29BrIN3O4S/c1-3-30-27(34)25(17-20-8-5-4-6-9-20)31(18-21-10-7-11-22(28)16-21)26(33)19-32(37(2,35)36)24-14-12-23(29)13-15-24/h4-16,25H,3,17-19H2,1-2H3,(H,30,34)/t25-/m1/s1. The zero-order valence-electron chi connectivity index (χ0n) is 20.6. The van der Waals surface area contributed by atoms with Gasteiger partial charge in [-0.15, -0.1) is 0 Å². The summed E-state index contributed by atoms with van der Waals surface area (Å²) in [4.78, 5) is 28.7. The largest absolute Gasteiger partial charge is 0.355 e. The first kappa shape index (κ1) is 29.1. The molecule has 3 aromatic carbocycles. The highest BCUT2D eigenvalue weighted by molar-refractivity contribution is 14.1. The molecule has 0 aliphatic carbocycles. The van der Waals surface area contributed by atoms with Gasteiger partial charge >= 0.3 is 0 Å². The number of nitrogens with one attached hydrogen (secondary N) is 1. The fraction of sp³-hybridized carbons (Fsp3) is 0.259. The van der Waals surface area contributed by atoms with Crippen molar-refractivity contribution in [1.82, 2.24) is 10.2 Å². The Hall–Kier alpha value is -2.44. The Morgan fingerprint density at radius 1 is 0.973 bits per heavy atom. The number of amides is 2. The Bertz CT molecular complexity index is 1320. The molecule has 0 bridgehead atoms. The highest BCUT2D eigenvalue weighted by Crippen LogP contribution is 2.22. The molecule has 0 unspecified atom stereocenters. The molecule has 3 rings (SSSR count). The van der Waals surface area contributed by atoms with Crippen molar-refractivity contribution in [3.8, 4) is 0 Å². The number of hydrogen-bond donors (Lipinski definition) is 1. The quantitative estimate of drug-likeness (QED) is 0.297. The lowest BCUT2D eigenvalue weighted by Crippen LogP contribution is -2.53. The first-order valence-electron chi connectivity index (χ1n) is 11.7. The van der Waals surface area contributed by atoms with Crippen molar-refractivity contribution >= 4 is 66.0 Å². The second-order valence-corrected chi connectivity index (χ2v) is 12.6. The Morgan fingerprint density at radius 3 is 2.22 bits per heavy atom. The lowest BCUT2D eigenvalue weighted by atomic mass is 10.0. The van der Waals surface area contributed by atoms with E-state index in [0.29, 0.717) is 12.2 Å². The average molecular weight is 698 g/mol. The summed E-state index contributed by atoms with van der Waals surface area (Å²) >= 11 is 5.60. The molecule has 0 aliphatic rings. The number of anilines is 1. The van der Waals surface area contributed by atoms with Crippen LogP contribution in [0.3, 0.4) is 0 Å². The minimum Gasteiger partial charge on any atom is -0.355 e. The molecule has 0 saturated carbocycles. The van der Waals surface area contributed by atoms with Crippen LogP contribution in [0.4, 0.5) is 5.69 Å². The maximum absolute atomic E-state index is 13.9. The maximum atomic E-state index is 13.9. The fourth-order valence-corrected chi connectivity index (χ4v) is 5.55. The fourth-order valence-electron chi connectivity index (χ4n) is 3.90. The number of rotatable bonds is 11. The number of benzene rings is 3. The molecule has 1 atom stereocenters. The van der Waals surface area contributed by atoms with Crippen LogP contribution in [0.25, 0.3) is 0 Å². The number of likely N-dealkylation sites (N-methyl/N-ethyl adjacent to an activating group) is 1. The highest BCUT2D eigenvalue weighted by atomic mass is 127. The van der Waals surface area contributed by atoms with E-state index in [9.17, 15) is 18.0 Å². The van der Waals surface area contributed by atoms with E-state index in [1.165, 1.54) is 4.90 Å². The summed E-state index contributed by atoms with van der Waals surface area (Å²) in [6.45, 7) is 1.93. The third kappa shape index (κ3) is 8.54. The second-order valence-electron chi connectivity index (χ2n) is 8.50. The molecule has 37 heavy (non-hydrogen) atoms. The summed E-state index contributed by atoms with van der Waals surface area (Å²) in [7, 11) is -3.78. The molecule has 0 radical (unpaired) electrons. The number of sulfonamides is 1. The van der Waals surface area contributed by atoms with Crippen molar-refractivity contribution in [1.29, 1.82) is 0 Å². The van der Waals surface area contributed by atoms with Gasteiger partial charge in [-0.1, -0.05) is 58.4 Å². The molecule has 3 aromatic rings. The van der Waals surface area contributed by atoms with Crippen molar-refractivity contribution in [2.24, 2.45) is 0 Å². The van der Waals surface area contributed by atoms with E-state index in [4.69, 9.17) is 0 Å². The van der Waals surface area contributed by atoms with E-state index in [1.54, 1.807) is 24.3 Å². The molecule has 0 fully saturated rings. The van der Waals surface area contributed by atoms with E-state index < -0.39 is 28.5 Å². The number of halogens is 2. The van der Waals surface area contributed by atoms with Gasteiger partial charge in [-0.2, -0.15) is 0 Å². The zero-order valence-corrected chi connectivity index (χ0v) is 25.2. The molecule has 196 valence electrons. The minimum absolute atomic E-state index is 0.136. The van der Waals surface area contributed by atoms with E-state index in [1.807, 2.05) is 61.5 Å². The molecule has 0 heterocycles. The molecule has 7 nitrogen and oxygen atoms in total. The van der Waals surface area contributed by atoms with Gasteiger partial charge in [-0.05, 0) is 77.0 Å². The molecule has 10 heteroatoms. The molecule has 0 spiro atoms. The molecule has 1 N–H and O–H groups in total. The maximum Gasteiger partial charge on any atom is 0.244 e. The smallest absolute Gasteiger partial charge is 0.244 e. The van der Waals surface area contributed by atoms with Crippen LogP contribution in [0.15, 0.2) is 83.3 Å². The minimum atomic E-state index is -3.78. The summed E-state index contributed by atoms with van der Waals surface area (Å²) in [5.74, 6) is -0.772. The van der Waals surface area contributed by atoms with Gasteiger partial charge < -0.3 is 10.2 Å². The van der Waals surface area contributed by atoms with Gasteiger partial charge in [0.2, 0.25) is 21.8 Å². The van der Waals surface area contributed by atoms with Crippen LogP contribution in [0.5, 0.6) is 0 Å². The van der Waals surface area contributed by atoms with E-state index in [2.05, 4.69) is 43.8 Å². The first-order valence-corrected chi connectivity index (χ1v) is 15.4. The predicted octanol–water partition coefficient (Wildman–Crippen LogP) is 4.60. The monoisotopic (exact) mass is 697 g/mol. The zero-order chi connectivity index (χ0) is 27.0. The Labute approximate surface area is 240 Å². The van der Waals surface area contributed by atoms with Crippen molar-refractivity contribution in [2.45, 2.75) is 25.9 Å². The Balaban J connectivity index is 2.03. The van der Waals surface area contributed by atoms with Crippen molar-refractivity contribution in [3.05, 3.63) is 98.0 Å². The summed E-state index contributed by atoms with van der Waals surface area (Å²) in [6.07, 6.45) is 1.36. The van der Waals surface area contributed by atoms with Crippen LogP contribution in [-0.4, -0.2) is 50.5 Å². The normalized spacial score (nSPS) is 12.0. The van der Waals surface area contributed by atoms with Gasteiger partial charge in [0.05, 0.1) is 11.9 Å². The van der Waals surface area contributed by atoms with Crippen LogP contribution < -0.4 is 9.62 Å². The lowest BCUT2D eigenvalue weighted by Gasteiger charge is -2.33. The summed E-state index contributed by atoms with van der Waals surface area (Å²) in [5, 5.41) is 2.85. The third-order valence-electron chi connectivity index (χ3n) is 5.66. The van der Waals surface area contributed by atoms with Gasteiger partial charge in [-0.25, -0.2) is 8.42 Å². The van der Waals surface area contributed by atoms with Gasteiger partial charge in [0.1, 0.15) is 12.6 Å². The molecule has 0 aromatic heterocycles. The molecule has 0 aliphatic heterocycles. The summed E-state index contributed by atoms with van der Waals surface area (Å²) < 4.78 is 28.3. The van der Waals surface area contributed by atoms with Crippen LogP contribution in [0.1, 0.15) is 18.1 Å². The van der Waals surface area contributed by atoms with E-state index in [0.717, 1.165) is 29.7 Å². The summed E-state index contributed by atoms with van der Waals surface area (Å²) in [6, 6.07) is 23.0. The van der Waals surface area contributed by atoms with Crippen molar-refractivity contribution < 1.29 is 18.0 Å². The van der Waals surface area contributed by atoms with Gasteiger partial charge in [0.15, 0.2) is 0 Å². The third-order valence-corrected chi connectivity index (χ3v) is 8.01. The number of nitrogens with zero attached hydrogens (tertiary/aromatic N) is 2. The van der Waals surface area contributed by atoms with Gasteiger partial charge in [0.25, 0.3) is 0 Å².